The summed E-state index contributed by atoms with van der Waals surface area (Å²) in [6, 6.07) is 5.82. The first-order chi connectivity index (χ1) is 7.43. The summed E-state index contributed by atoms with van der Waals surface area (Å²) < 4.78 is 0. The molecule has 5 nitrogen and oxygen atoms in total. The molecule has 0 saturated heterocycles. The number of halogens is 1. The van der Waals surface area contributed by atoms with Gasteiger partial charge in [-0.25, -0.2) is 0 Å². The summed E-state index contributed by atoms with van der Waals surface area (Å²) in [6.45, 7) is 1.57. The summed E-state index contributed by atoms with van der Waals surface area (Å²) in [6.07, 6.45) is 0. The second-order valence-electron chi connectivity index (χ2n) is 3.38. The van der Waals surface area contributed by atoms with E-state index in [2.05, 4.69) is 15.9 Å². The maximum atomic E-state index is 10.8. The number of nitro benzene ring substituents is 1. The predicted molar refractivity (Wildman–Crippen MR) is 61.6 cm³/mol. The van der Waals surface area contributed by atoms with Crippen molar-refractivity contribution < 1.29 is 14.8 Å². The van der Waals surface area contributed by atoms with Gasteiger partial charge in [0.05, 0.1) is 15.7 Å². The standard InChI is InChI=1S/C10H10BrNO4/c1-6(10(13)14)9(11)7-2-4-8(5-3-7)12(15)16/h2-6,9H,1H3,(H,13,14). The maximum absolute atomic E-state index is 10.8. The Balaban J connectivity index is 2.89. The number of carboxylic acids is 1. The lowest BCUT2D eigenvalue weighted by atomic mass is 10.0. The van der Waals surface area contributed by atoms with Crippen molar-refractivity contribution in [3.05, 3.63) is 39.9 Å². The van der Waals surface area contributed by atoms with Crippen molar-refractivity contribution in [1.29, 1.82) is 0 Å². The molecule has 0 aromatic heterocycles. The Morgan fingerprint density at radius 3 is 2.31 bits per heavy atom. The van der Waals surface area contributed by atoms with Crippen LogP contribution >= 0.6 is 15.9 Å². The average molecular weight is 288 g/mol. The summed E-state index contributed by atoms with van der Waals surface area (Å²) in [7, 11) is 0. The van der Waals surface area contributed by atoms with Gasteiger partial charge in [-0.15, -0.1) is 0 Å². The lowest BCUT2D eigenvalue weighted by molar-refractivity contribution is -0.384. The average Bonchev–Trinajstić information content (AvgIpc) is 2.27. The van der Waals surface area contributed by atoms with Crippen LogP contribution in [-0.4, -0.2) is 16.0 Å². The lowest BCUT2D eigenvalue weighted by Crippen LogP contribution is -2.14. The van der Waals surface area contributed by atoms with Gasteiger partial charge < -0.3 is 5.11 Å². The molecule has 1 aromatic carbocycles. The summed E-state index contributed by atoms with van der Waals surface area (Å²) in [4.78, 5) is 20.3. The van der Waals surface area contributed by atoms with Crippen molar-refractivity contribution >= 4 is 27.6 Å². The Morgan fingerprint density at radius 1 is 1.44 bits per heavy atom. The molecular formula is C10H10BrNO4. The molecule has 2 unspecified atom stereocenters. The van der Waals surface area contributed by atoms with E-state index in [1.54, 1.807) is 19.1 Å². The van der Waals surface area contributed by atoms with Crippen LogP contribution in [0.5, 0.6) is 0 Å². The number of rotatable bonds is 4. The highest BCUT2D eigenvalue weighted by molar-refractivity contribution is 9.09. The zero-order valence-electron chi connectivity index (χ0n) is 8.46. The topological polar surface area (TPSA) is 80.4 Å². The van der Waals surface area contributed by atoms with E-state index in [0.29, 0.717) is 5.56 Å². The van der Waals surface area contributed by atoms with Gasteiger partial charge in [0.1, 0.15) is 0 Å². The minimum absolute atomic E-state index is 0.00794. The van der Waals surface area contributed by atoms with Gasteiger partial charge in [0, 0.05) is 12.1 Å². The molecule has 0 fully saturated rings. The Kier molecular flexibility index (Phi) is 4.00. The Hall–Kier alpha value is -1.43. The van der Waals surface area contributed by atoms with Crippen molar-refractivity contribution in [1.82, 2.24) is 0 Å². The van der Waals surface area contributed by atoms with Crippen molar-refractivity contribution in [2.45, 2.75) is 11.8 Å². The third-order valence-corrected chi connectivity index (χ3v) is 3.57. The number of hydrogen-bond acceptors (Lipinski definition) is 3. The molecule has 1 aromatic rings. The molecule has 6 heteroatoms. The van der Waals surface area contributed by atoms with Crippen LogP contribution in [0.3, 0.4) is 0 Å². The largest absolute Gasteiger partial charge is 0.481 e. The number of carbonyl (C=O) groups is 1. The highest BCUT2D eigenvalue weighted by Gasteiger charge is 2.22. The zero-order valence-corrected chi connectivity index (χ0v) is 10.0. The number of non-ortho nitro benzene ring substituents is 1. The third kappa shape index (κ3) is 2.79. The van der Waals surface area contributed by atoms with Crippen molar-refractivity contribution in [3.63, 3.8) is 0 Å². The van der Waals surface area contributed by atoms with Crippen molar-refractivity contribution in [2.24, 2.45) is 5.92 Å². The molecule has 0 spiro atoms. The molecule has 1 N–H and O–H groups in total. The first kappa shape index (κ1) is 12.6. The van der Waals surface area contributed by atoms with Gasteiger partial charge >= 0.3 is 5.97 Å². The van der Waals surface area contributed by atoms with E-state index in [-0.39, 0.29) is 10.5 Å². The Labute approximate surface area is 100 Å². The van der Waals surface area contributed by atoms with Gasteiger partial charge in [-0.2, -0.15) is 0 Å². The molecule has 0 aliphatic rings. The molecule has 0 heterocycles. The molecule has 0 bridgehead atoms. The molecule has 0 saturated carbocycles. The van der Waals surface area contributed by atoms with Crippen LogP contribution in [0.15, 0.2) is 24.3 Å². The van der Waals surface area contributed by atoms with Crippen molar-refractivity contribution in [3.8, 4) is 0 Å². The van der Waals surface area contributed by atoms with Crippen LogP contribution in [0.25, 0.3) is 0 Å². The molecule has 0 amide bonds. The van der Waals surface area contributed by atoms with Crippen molar-refractivity contribution in [2.75, 3.05) is 0 Å². The molecule has 1 rings (SSSR count). The maximum Gasteiger partial charge on any atom is 0.307 e. The fraction of sp³-hybridized carbons (Fsp3) is 0.300. The van der Waals surface area contributed by atoms with Gasteiger partial charge in [-0.1, -0.05) is 35.0 Å². The zero-order chi connectivity index (χ0) is 12.3. The molecule has 86 valence electrons. The molecule has 2 atom stereocenters. The van der Waals surface area contributed by atoms with Gasteiger partial charge in [0.25, 0.3) is 5.69 Å². The van der Waals surface area contributed by atoms with Gasteiger partial charge in [0.2, 0.25) is 0 Å². The monoisotopic (exact) mass is 287 g/mol. The second kappa shape index (κ2) is 5.07. The molecule has 0 aliphatic carbocycles. The number of alkyl halides is 1. The van der Waals surface area contributed by atoms with E-state index in [1.165, 1.54) is 12.1 Å². The molecular weight excluding hydrogens is 278 g/mol. The van der Waals surface area contributed by atoms with Gasteiger partial charge in [-0.3, -0.25) is 14.9 Å². The Bertz CT molecular complexity index is 404. The number of nitrogens with zero attached hydrogens (tertiary/aromatic N) is 1. The number of nitro groups is 1. The van der Waals surface area contributed by atoms with Gasteiger partial charge in [0.15, 0.2) is 0 Å². The second-order valence-corrected chi connectivity index (χ2v) is 4.36. The first-order valence-electron chi connectivity index (χ1n) is 4.54. The van der Waals surface area contributed by atoms with E-state index in [1.807, 2.05) is 0 Å². The third-order valence-electron chi connectivity index (χ3n) is 2.25. The van der Waals surface area contributed by atoms with E-state index in [0.717, 1.165) is 0 Å². The van der Waals surface area contributed by atoms with Crippen LogP contribution in [0.4, 0.5) is 5.69 Å². The summed E-state index contributed by atoms with van der Waals surface area (Å²) in [5.74, 6) is -1.51. The molecule has 0 radical (unpaired) electrons. The SMILES string of the molecule is CC(C(=O)O)C(Br)c1ccc([N+](=O)[O-])cc1. The minimum Gasteiger partial charge on any atom is -0.481 e. The van der Waals surface area contributed by atoms with Gasteiger partial charge in [-0.05, 0) is 5.56 Å². The van der Waals surface area contributed by atoms with E-state index in [9.17, 15) is 14.9 Å². The summed E-state index contributed by atoms with van der Waals surface area (Å²) in [5, 5.41) is 19.2. The molecule has 16 heavy (non-hydrogen) atoms. The normalized spacial score (nSPS) is 14.1. The van der Waals surface area contributed by atoms with E-state index >= 15 is 0 Å². The van der Waals surface area contributed by atoms with Crippen LogP contribution < -0.4 is 0 Å². The predicted octanol–water partition coefficient (Wildman–Crippen LogP) is 2.75. The fourth-order valence-corrected chi connectivity index (χ4v) is 1.73. The molecule has 0 aliphatic heterocycles. The minimum atomic E-state index is -0.916. The van der Waals surface area contributed by atoms with Crippen LogP contribution in [-0.2, 0) is 4.79 Å². The number of carboxylic acid groups (broad SMARTS) is 1. The summed E-state index contributed by atoms with van der Waals surface area (Å²) >= 11 is 3.26. The smallest absolute Gasteiger partial charge is 0.307 e. The van der Waals surface area contributed by atoms with E-state index < -0.39 is 16.8 Å². The van der Waals surface area contributed by atoms with Crippen LogP contribution in [0, 0.1) is 16.0 Å². The van der Waals surface area contributed by atoms with Crippen LogP contribution in [0.2, 0.25) is 0 Å². The fourth-order valence-electron chi connectivity index (χ4n) is 1.19. The summed E-state index contributed by atoms with van der Waals surface area (Å²) in [5.41, 5.74) is 0.701. The highest BCUT2D eigenvalue weighted by atomic mass is 79.9. The van der Waals surface area contributed by atoms with E-state index in [4.69, 9.17) is 5.11 Å². The number of benzene rings is 1. The quantitative estimate of drug-likeness (QED) is 0.524. The number of hydrogen-bond donors (Lipinski definition) is 1. The first-order valence-corrected chi connectivity index (χ1v) is 5.46. The highest BCUT2D eigenvalue weighted by Crippen LogP contribution is 2.31. The van der Waals surface area contributed by atoms with Crippen LogP contribution in [0.1, 0.15) is 17.3 Å². The lowest BCUT2D eigenvalue weighted by Gasteiger charge is -2.14. The number of aliphatic carboxylic acids is 1. The Morgan fingerprint density at radius 2 is 1.94 bits per heavy atom.